The van der Waals surface area contributed by atoms with Crippen molar-refractivity contribution in [3.8, 4) is 5.88 Å². The standard InChI is InChI=1S/C10H15BrN4O4S/c11-8-9(12-6-13-10(8)19-5-4-16)15-20(17,18)14-7-2-1-3-7/h6-7,14,16H,1-5H2,(H,12,13,15). The highest BCUT2D eigenvalue weighted by atomic mass is 79.9. The van der Waals surface area contributed by atoms with Gasteiger partial charge in [0.2, 0.25) is 5.88 Å². The van der Waals surface area contributed by atoms with Gasteiger partial charge in [-0.25, -0.2) is 9.97 Å². The third kappa shape index (κ3) is 4.01. The Labute approximate surface area is 125 Å². The van der Waals surface area contributed by atoms with E-state index in [4.69, 9.17) is 9.84 Å². The van der Waals surface area contributed by atoms with Gasteiger partial charge in [0.1, 0.15) is 17.4 Å². The molecule has 1 aliphatic rings. The number of hydrogen-bond donors (Lipinski definition) is 3. The summed E-state index contributed by atoms with van der Waals surface area (Å²) < 4.78 is 34.1. The maximum absolute atomic E-state index is 11.9. The zero-order valence-corrected chi connectivity index (χ0v) is 12.9. The van der Waals surface area contributed by atoms with Crippen LogP contribution in [0.15, 0.2) is 10.8 Å². The van der Waals surface area contributed by atoms with Crippen molar-refractivity contribution < 1.29 is 18.3 Å². The third-order valence-electron chi connectivity index (χ3n) is 2.75. The minimum atomic E-state index is -3.68. The Balaban J connectivity index is 2.08. The van der Waals surface area contributed by atoms with Crippen LogP contribution in [0.3, 0.4) is 0 Å². The lowest BCUT2D eigenvalue weighted by atomic mass is 9.94. The summed E-state index contributed by atoms with van der Waals surface area (Å²) in [4.78, 5) is 7.70. The zero-order valence-electron chi connectivity index (χ0n) is 10.5. The first-order valence-electron chi connectivity index (χ1n) is 6.06. The quantitative estimate of drug-likeness (QED) is 0.643. The van der Waals surface area contributed by atoms with Crippen LogP contribution >= 0.6 is 15.9 Å². The fraction of sp³-hybridized carbons (Fsp3) is 0.600. The lowest BCUT2D eigenvalue weighted by Gasteiger charge is -2.26. The van der Waals surface area contributed by atoms with Gasteiger partial charge in [-0.05, 0) is 28.8 Å². The molecule has 0 aromatic carbocycles. The molecular formula is C10H15BrN4O4S. The maximum Gasteiger partial charge on any atom is 0.300 e. The summed E-state index contributed by atoms with van der Waals surface area (Å²) in [7, 11) is -3.68. The second-order valence-corrected chi connectivity index (χ2v) is 6.50. The van der Waals surface area contributed by atoms with Crippen LogP contribution in [0.25, 0.3) is 0 Å². The Bertz CT molecular complexity index is 564. The number of halogens is 1. The fourth-order valence-electron chi connectivity index (χ4n) is 1.57. The topological polar surface area (TPSA) is 113 Å². The molecule has 1 heterocycles. The van der Waals surface area contributed by atoms with Crippen molar-refractivity contribution in [1.82, 2.24) is 14.7 Å². The van der Waals surface area contributed by atoms with E-state index in [2.05, 4.69) is 35.3 Å². The molecule has 0 atom stereocenters. The summed E-state index contributed by atoms with van der Waals surface area (Å²) >= 11 is 3.18. The van der Waals surface area contributed by atoms with Crippen molar-refractivity contribution in [2.75, 3.05) is 17.9 Å². The van der Waals surface area contributed by atoms with Crippen LogP contribution in [0, 0.1) is 0 Å². The number of nitrogens with zero attached hydrogens (tertiary/aromatic N) is 2. The Morgan fingerprint density at radius 1 is 1.45 bits per heavy atom. The first-order valence-corrected chi connectivity index (χ1v) is 8.33. The average molecular weight is 367 g/mol. The van der Waals surface area contributed by atoms with Crippen LogP contribution in [-0.4, -0.2) is 42.7 Å². The van der Waals surface area contributed by atoms with E-state index in [1.165, 1.54) is 6.33 Å². The molecule has 1 aromatic rings. The number of rotatable bonds is 7. The molecule has 10 heteroatoms. The predicted molar refractivity (Wildman–Crippen MR) is 75.6 cm³/mol. The molecule has 112 valence electrons. The molecule has 3 N–H and O–H groups in total. The third-order valence-corrected chi connectivity index (χ3v) is 4.57. The van der Waals surface area contributed by atoms with Gasteiger partial charge in [-0.1, -0.05) is 6.42 Å². The average Bonchev–Trinajstić information content (AvgIpc) is 2.35. The van der Waals surface area contributed by atoms with Gasteiger partial charge in [0.05, 0.1) is 6.61 Å². The fourth-order valence-corrected chi connectivity index (χ4v) is 3.26. The van der Waals surface area contributed by atoms with E-state index in [-0.39, 0.29) is 35.4 Å². The zero-order chi connectivity index (χ0) is 14.6. The minimum Gasteiger partial charge on any atom is -0.474 e. The molecule has 1 saturated carbocycles. The molecule has 2 rings (SSSR count). The first kappa shape index (κ1) is 15.4. The van der Waals surface area contributed by atoms with Crippen molar-refractivity contribution in [1.29, 1.82) is 0 Å². The van der Waals surface area contributed by atoms with Crippen LogP contribution < -0.4 is 14.2 Å². The van der Waals surface area contributed by atoms with Crippen LogP contribution in [0.1, 0.15) is 19.3 Å². The number of anilines is 1. The SMILES string of the molecule is O=S(=O)(Nc1ncnc(OCCO)c1Br)NC1CCC1. The number of ether oxygens (including phenoxy) is 1. The van der Waals surface area contributed by atoms with E-state index >= 15 is 0 Å². The van der Waals surface area contributed by atoms with Gasteiger partial charge in [-0.3, -0.25) is 4.72 Å². The smallest absolute Gasteiger partial charge is 0.300 e. The molecule has 0 spiro atoms. The van der Waals surface area contributed by atoms with E-state index < -0.39 is 10.2 Å². The second kappa shape index (κ2) is 6.66. The van der Waals surface area contributed by atoms with Crippen LogP contribution in [-0.2, 0) is 10.2 Å². The molecule has 1 aliphatic carbocycles. The molecule has 0 bridgehead atoms. The summed E-state index contributed by atoms with van der Waals surface area (Å²) in [6.07, 6.45) is 3.90. The first-order chi connectivity index (χ1) is 9.52. The van der Waals surface area contributed by atoms with Crippen LogP contribution in [0.4, 0.5) is 5.82 Å². The van der Waals surface area contributed by atoms with E-state index in [0.29, 0.717) is 0 Å². The molecule has 20 heavy (non-hydrogen) atoms. The van der Waals surface area contributed by atoms with Gasteiger partial charge in [-0.2, -0.15) is 13.1 Å². The molecule has 8 nitrogen and oxygen atoms in total. The summed E-state index contributed by atoms with van der Waals surface area (Å²) in [5.74, 6) is 0.246. The molecule has 0 amide bonds. The largest absolute Gasteiger partial charge is 0.474 e. The molecule has 0 radical (unpaired) electrons. The van der Waals surface area contributed by atoms with Gasteiger partial charge in [0.15, 0.2) is 5.82 Å². The Morgan fingerprint density at radius 3 is 2.80 bits per heavy atom. The summed E-state index contributed by atoms with van der Waals surface area (Å²) in [5.41, 5.74) is 0. The summed E-state index contributed by atoms with van der Waals surface area (Å²) in [6, 6.07) is -0.0155. The van der Waals surface area contributed by atoms with Crippen molar-refractivity contribution in [2.45, 2.75) is 25.3 Å². The lowest BCUT2D eigenvalue weighted by Crippen LogP contribution is -2.42. The predicted octanol–water partition coefficient (Wildman–Crippen LogP) is 0.409. The normalized spacial score (nSPS) is 15.7. The number of hydrogen-bond acceptors (Lipinski definition) is 6. The van der Waals surface area contributed by atoms with Crippen LogP contribution in [0.2, 0.25) is 0 Å². The van der Waals surface area contributed by atoms with Gasteiger partial charge >= 0.3 is 10.2 Å². The van der Waals surface area contributed by atoms with Crippen molar-refractivity contribution in [2.24, 2.45) is 0 Å². The van der Waals surface area contributed by atoms with Gasteiger partial charge in [0.25, 0.3) is 0 Å². The highest BCUT2D eigenvalue weighted by Crippen LogP contribution is 2.29. The molecule has 0 aliphatic heterocycles. The number of nitrogens with one attached hydrogen (secondary N) is 2. The van der Waals surface area contributed by atoms with Crippen LogP contribution in [0.5, 0.6) is 5.88 Å². The van der Waals surface area contributed by atoms with Gasteiger partial charge in [-0.15, -0.1) is 0 Å². The van der Waals surface area contributed by atoms with Crippen molar-refractivity contribution >= 4 is 32.0 Å². The number of aromatic nitrogens is 2. The van der Waals surface area contributed by atoms with Gasteiger partial charge < -0.3 is 9.84 Å². The molecule has 1 fully saturated rings. The molecule has 1 aromatic heterocycles. The number of aliphatic hydroxyl groups excluding tert-OH is 1. The highest BCUT2D eigenvalue weighted by molar-refractivity contribution is 9.10. The molecule has 0 unspecified atom stereocenters. The Morgan fingerprint density at radius 2 is 2.20 bits per heavy atom. The molecular weight excluding hydrogens is 352 g/mol. The van der Waals surface area contributed by atoms with Crippen molar-refractivity contribution in [3.63, 3.8) is 0 Å². The number of aliphatic hydroxyl groups is 1. The maximum atomic E-state index is 11.9. The van der Waals surface area contributed by atoms with E-state index in [1.807, 2.05) is 0 Å². The van der Waals surface area contributed by atoms with E-state index in [1.54, 1.807) is 0 Å². The summed E-state index contributed by atoms with van der Waals surface area (Å²) in [5, 5.41) is 8.70. The Kier molecular flexibility index (Phi) is 5.13. The molecule has 0 saturated heterocycles. The highest BCUT2D eigenvalue weighted by Gasteiger charge is 2.24. The van der Waals surface area contributed by atoms with E-state index in [0.717, 1.165) is 19.3 Å². The Hall–Kier alpha value is -0.970. The minimum absolute atomic E-state index is 0.0155. The monoisotopic (exact) mass is 366 g/mol. The second-order valence-electron chi connectivity index (χ2n) is 4.26. The van der Waals surface area contributed by atoms with E-state index in [9.17, 15) is 8.42 Å². The summed E-state index contributed by atoms with van der Waals surface area (Å²) in [6.45, 7) is -0.108. The lowest BCUT2D eigenvalue weighted by molar-refractivity contribution is 0.196. The van der Waals surface area contributed by atoms with Crippen molar-refractivity contribution in [3.05, 3.63) is 10.8 Å². The van der Waals surface area contributed by atoms with Gasteiger partial charge in [0, 0.05) is 6.04 Å².